The highest BCUT2D eigenvalue weighted by Gasteiger charge is 2.33. The van der Waals surface area contributed by atoms with Crippen molar-refractivity contribution in [2.45, 2.75) is 13.0 Å². The summed E-state index contributed by atoms with van der Waals surface area (Å²) in [5.41, 5.74) is 1.80. The van der Waals surface area contributed by atoms with Crippen LogP contribution in [0.3, 0.4) is 0 Å². The summed E-state index contributed by atoms with van der Waals surface area (Å²) in [5, 5.41) is 0.223. The average Bonchev–Trinajstić information content (AvgIpc) is 2.83. The molecule has 4 rings (SSSR count). The molecule has 0 N–H and O–H groups in total. The van der Waals surface area contributed by atoms with Gasteiger partial charge in [0.15, 0.2) is 12.4 Å². The lowest BCUT2D eigenvalue weighted by Gasteiger charge is -2.37. The number of carbonyl (C=O) groups is 2. The Kier molecular flexibility index (Phi) is 7.06. The molecule has 1 heterocycles. The van der Waals surface area contributed by atoms with Crippen LogP contribution in [0.1, 0.15) is 28.9 Å². The summed E-state index contributed by atoms with van der Waals surface area (Å²) in [6.07, 6.45) is 0. The molecule has 0 saturated heterocycles. The van der Waals surface area contributed by atoms with E-state index < -0.39 is 5.97 Å². The van der Waals surface area contributed by atoms with E-state index in [-0.39, 0.29) is 46.5 Å². The highest BCUT2D eigenvalue weighted by atomic mass is 35.5. The molecule has 0 saturated carbocycles. The molecule has 0 bridgehead atoms. The fourth-order valence-corrected chi connectivity index (χ4v) is 4.25. The Labute approximate surface area is 201 Å². The molecule has 1 aliphatic rings. The van der Waals surface area contributed by atoms with E-state index >= 15 is 0 Å². The van der Waals surface area contributed by atoms with E-state index in [1.54, 1.807) is 11.8 Å². The lowest BCUT2D eigenvalue weighted by molar-refractivity contribution is -0.121. The Hall–Kier alpha value is -3.22. The Morgan fingerprint density at radius 3 is 2.39 bits per heavy atom. The number of ether oxygens (including phenoxy) is 3. The average molecular weight is 486 g/mol. The zero-order valence-corrected chi connectivity index (χ0v) is 19.3. The maximum Gasteiger partial charge on any atom is 0.338 e. The van der Waals surface area contributed by atoms with Crippen LogP contribution in [0.2, 0.25) is 10.0 Å². The SMILES string of the molecule is CCOC(=O)c1cc(Cl)c(OCC(=O)N2c3ccccc3OCC2c2ccccc2)c(Cl)c1. The van der Waals surface area contributed by atoms with Gasteiger partial charge in [0.05, 0.1) is 33.9 Å². The number of halogens is 2. The van der Waals surface area contributed by atoms with Crippen molar-refractivity contribution < 1.29 is 23.8 Å². The molecule has 0 aliphatic carbocycles. The molecule has 0 fully saturated rings. The largest absolute Gasteiger partial charge is 0.489 e. The minimum atomic E-state index is -0.542. The number of benzene rings is 3. The minimum Gasteiger partial charge on any atom is -0.489 e. The van der Waals surface area contributed by atoms with Crippen LogP contribution in [0.15, 0.2) is 66.7 Å². The van der Waals surface area contributed by atoms with Gasteiger partial charge < -0.3 is 14.2 Å². The molecule has 6 nitrogen and oxygen atoms in total. The van der Waals surface area contributed by atoms with Crippen molar-refractivity contribution in [3.8, 4) is 11.5 Å². The molecule has 1 aliphatic heterocycles. The minimum absolute atomic E-state index is 0.111. The van der Waals surface area contributed by atoms with Gasteiger partial charge >= 0.3 is 5.97 Å². The highest BCUT2D eigenvalue weighted by Crippen LogP contribution is 2.40. The lowest BCUT2D eigenvalue weighted by atomic mass is 10.0. The summed E-state index contributed by atoms with van der Waals surface area (Å²) in [6, 6.07) is 19.5. The van der Waals surface area contributed by atoms with Crippen LogP contribution in [-0.2, 0) is 9.53 Å². The van der Waals surface area contributed by atoms with E-state index in [0.29, 0.717) is 18.0 Å². The van der Waals surface area contributed by atoms with Crippen molar-refractivity contribution in [1.82, 2.24) is 0 Å². The smallest absolute Gasteiger partial charge is 0.338 e. The number of esters is 1. The van der Waals surface area contributed by atoms with Gasteiger partial charge in [0.2, 0.25) is 0 Å². The summed E-state index contributed by atoms with van der Waals surface area (Å²) in [6.45, 7) is 1.93. The van der Waals surface area contributed by atoms with Gasteiger partial charge in [0.1, 0.15) is 12.4 Å². The van der Waals surface area contributed by atoms with Crippen LogP contribution in [0.4, 0.5) is 5.69 Å². The fourth-order valence-electron chi connectivity index (χ4n) is 3.65. The fraction of sp³-hybridized carbons (Fsp3) is 0.200. The lowest BCUT2D eigenvalue weighted by Crippen LogP contribution is -2.43. The third kappa shape index (κ3) is 4.92. The monoisotopic (exact) mass is 485 g/mol. The van der Waals surface area contributed by atoms with Gasteiger partial charge in [-0.05, 0) is 36.8 Å². The van der Waals surface area contributed by atoms with Gasteiger partial charge in [-0.2, -0.15) is 0 Å². The number of amides is 1. The first-order valence-corrected chi connectivity index (χ1v) is 11.1. The predicted octanol–water partition coefficient (Wildman–Crippen LogP) is 5.72. The van der Waals surface area contributed by atoms with Crippen molar-refractivity contribution >= 4 is 40.8 Å². The zero-order valence-electron chi connectivity index (χ0n) is 17.8. The molecule has 170 valence electrons. The van der Waals surface area contributed by atoms with Gasteiger partial charge in [-0.1, -0.05) is 65.7 Å². The van der Waals surface area contributed by atoms with Gasteiger partial charge in [0, 0.05) is 0 Å². The standard InChI is InChI=1S/C25H21Cl2NO5/c1-2-31-25(30)17-12-18(26)24(19(27)13-17)33-15-23(29)28-20-10-6-7-11-22(20)32-14-21(28)16-8-4-3-5-9-16/h3-13,21H,2,14-15H2,1H3. The predicted molar refractivity (Wildman–Crippen MR) is 127 cm³/mol. The molecule has 8 heteroatoms. The van der Waals surface area contributed by atoms with E-state index in [9.17, 15) is 9.59 Å². The van der Waals surface area contributed by atoms with E-state index in [4.69, 9.17) is 37.4 Å². The number of fused-ring (bicyclic) bond motifs is 1. The second-order valence-electron chi connectivity index (χ2n) is 7.25. The molecule has 1 atom stereocenters. The molecular formula is C25H21Cl2NO5. The maximum absolute atomic E-state index is 13.4. The van der Waals surface area contributed by atoms with Crippen molar-refractivity contribution in [1.29, 1.82) is 0 Å². The Bertz CT molecular complexity index is 1150. The summed E-state index contributed by atoms with van der Waals surface area (Å²) in [7, 11) is 0. The number of anilines is 1. The molecule has 0 spiro atoms. The van der Waals surface area contributed by atoms with Gasteiger partial charge in [-0.3, -0.25) is 9.69 Å². The molecule has 0 radical (unpaired) electrons. The molecule has 3 aromatic carbocycles. The van der Waals surface area contributed by atoms with Crippen molar-refractivity contribution in [2.24, 2.45) is 0 Å². The van der Waals surface area contributed by atoms with E-state index in [1.807, 2.05) is 54.6 Å². The van der Waals surface area contributed by atoms with Gasteiger partial charge in [-0.25, -0.2) is 4.79 Å². The number of carbonyl (C=O) groups excluding carboxylic acids is 2. The van der Waals surface area contributed by atoms with E-state index in [2.05, 4.69) is 0 Å². The first-order valence-electron chi connectivity index (χ1n) is 10.4. The summed E-state index contributed by atoms with van der Waals surface area (Å²) in [4.78, 5) is 27.0. The first kappa shape index (κ1) is 23.0. The summed E-state index contributed by atoms with van der Waals surface area (Å²) < 4.78 is 16.6. The highest BCUT2D eigenvalue weighted by molar-refractivity contribution is 6.37. The topological polar surface area (TPSA) is 65.1 Å². The number of rotatable bonds is 6. The van der Waals surface area contributed by atoms with Crippen molar-refractivity contribution in [2.75, 3.05) is 24.7 Å². The number of hydrogen-bond donors (Lipinski definition) is 0. The van der Waals surface area contributed by atoms with Gasteiger partial charge in [-0.15, -0.1) is 0 Å². The van der Waals surface area contributed by atoms with Crippen LogP contribution in [0.25, 0.3) is 0 Å². The summed E-state index contributed by atoms with van der Waals surface area (Å²) in [5.74, 6) is -0.0915. The number of para-hydroxylation sites is 2. The Balaban J connectivity index is 1.58. The Morgan fingerprint density at radius 2 is 1.70 bits per heavy atom. The van der Waals surface area contributed by atoms with Crippen LogP contribution in [0.5, 0.6) is 11.5 Å². The third-order valence-electron chi connectivity index (χ3n) is 5.14. The molecule has 1 unspecified atom stereocenters. The number of hydrogen-bond acceptors (Lipinski definition) is 5. The molecule has 1 amide bonds. The summed E-state index contributed by atoms with van der Waals surface area (Å²) >= 11 is 12.6. The quantitative estimate of drug-likeness (QED) is 0.418. The van der Waals surface area contributed by atoms with E-state index in [1.165, 1.54) is 12.1 Å². The van der Waals surface area contributed by atoms with Crippen LogP contribution < -0.4 is 14.4 Å². The van der Waals surface area contributed by atoms with E-state index in [0.717, 1.165) is 5.56 Å². The number of nitrogens with zero attached hydrogens (tertiary/aromatic N) is 1. The first-order chi connectivity index (χ1) is 16.0. The molecule has 33 heavy (non-hydrogen) atoms. The normalized spacial score (nSPS) is 14.8. The van der Waals surface area contributed by atoms with Crippen LogP contribution >= 0.6 is 23.2 Å². The molecule has 0 aromatic heterocycles. The van der Waals surface area contributed by atoms with Crippen LogP contribution in [-0.4, -0.2) is 31.7 Å². The van der Waals surface area contributed by atoms with Crippen LogP contribution in [0, 0.1) is 0 Å². The second-order valence-corrected chi connectivity index (χ2v) is 8.06. The zero-order chi connectivity index (χ0) is 23.4. The van der Waals surface area contributed by atoms with Crippen molar-refractivity contribution in [3.05, 3.63) is 87.9 Å². The molecule has 3 aromatic rings. The maximum atomic E-state index is 13.4. The third-order valence-corrected chi connectivity index (χ3v) is 5.70. The van der Waals surface area contributed by atoms with Crippen molar-refractivity contribution in [3.63, 3.8) is 0 Å². The van der Waals surface area contributed by atoms with Gasteiger partial charge in [0.25, 0.3) is 5.91 Å². The second kappa shape index (κ2) is 10.1. The molecular weight excluding hydrogens is 465 g/mol. The Morgan fingerprint density at radius 1 is 1.03 bits per heavy atom.